The van der Waals surface area contributed by atoms with Crippen LogP contribution < -0.4 is 10.6 Å². The summed E-state index contributed by atoms with van der Waals surface area (Å²) in [5, 5.41) is 28.2. The van der Waals surface area contributed by atoms with Gasteiger partial charge in [0.05, 0.1) is 12.2 Å². The average Bonchev–Trinajstić information content (AvgIpc) is 3.33. The van der Waals surface area contributed by atoms with Gasteiger partial charge in [0.25, 0.3) is 0 Å². The molecule has 4 unspecified atom stereocenters. The van der Waals surface area contributed by atoms with Crippen LogP contribution in [0.2, 0.25) is 0 Å². The quantitative estimate of drug-likeness (QED) is 0.0357. The first-order valence-corrected chi connectivity index (χ1v) is 31.1. The molecular weight excluding hydrogens is 853 g/mol. The summed E-state index contributed by atoms with van der Waals surface area (Å²) in [5.41, 5.74) is 0. The van der Waals surface area contributed by atoms with Gasteiger partial charge in [-0.1, -0.05) is 252 Å². The molecular formula is C61H124N4O4. The predicted octanol–water partition coefficient (Wildman–Crippen LogP) is 16.2. The Morgan fingerprint density at radius 1 is 0.391 bits per heavy atom. The minimum absolute atomic E-state index is 0.0375. The number of carbonyl (C=O) groups excluding carboxylic acids is 2. The number of amides is 2. The first-order valence-electron chi connectivity index (χ1n) is 31.1. The summed E-state index contributed by atoms with van der Waals surface area (Å²) in [4.78, 5) is 30.1. The van der Waals surface area contributed by atoms with Gasteiger partial charge in [0.2, 0.25) is 12.3 Å². The van der Waals surface area contributed by atoms with Crippen molar-refractivity contribution in [1.29, 1.82) is 0 Å². The third kappa shape index (κ3) is 48.8. The van der Waals surface area contributed by atoms with Gasteiger partial charge in [0, 0.05) is 19.1 Å². The van der Waals surface area contributed by atoms with E-state index in [0.29, 0.717) is 12.8 Å². The number of carbonyl (C=O) groups is 2. The Bertz CT molecular complexity index is 1030. The molecule has 4 atom stereocenters. The molecule has 0 bridgehead atoms. The van der Waals surface area contributed by atoms with E-state index in [1.165, 1.54) is 218 Å². The van der Waals surface area contributed by atoms with Gasteiger partial charge in [-0.15, -0.1) is 0 Å². The summed E-state index contributed by atoms with van der Waals surface area (Å²) in [7, 11) is 0. The van der Waals surface area contributed by atoms with Crippen molar-refractivity contribution >= 4 is 12.3 Å². The van der Waals surface area contributed by atoms with E-state index in [1.807, 2.05) is 0 Å². The zero-order valence-corrected chi connectivity index (χ0v) is 47.3. The van der Waals surface area contributed by atoms with E-state index in [1.54, 1.807) is 0 Å². The maximum absolute atomic E-state index is 13.5. The Kier molecular flexibility index (Phi) is 53.6. The van der Waals surface area contributed by atoms with Crippen molar-refractivity contribution in [1.82, 2.24) is 20.4 Å². The first kappa shape index (κ1) is 67.8. The van der Waals surface area contributed by atoms with E-state index in [0.717, 1.165) is 97.1 Å². The normalized spacial score (nSPS) is 13.6. The number of unbranched alkanes of at least 4 members (excludes halogenated alkanes) is 34. The molecule has 2 amide bonds. The van der Waals surface area contributed by atoms with Crippen LogP contribution in [0.5, 0.6) is 0 Å². The van der Waals surface area contributed by atoms with Crippen molar-refractivity contribution < 1.29 is 19.8 Å². The molecule has 0 saturated heterocycles. The summed E-state index contributed by atoms with van der Waals surface area (Å²) in [6.07, 6.45) is 54.6. The highest BCUT2D eigenvalue weighted by molar-refractivity contribution is 5.83. The molecule has 0 radical (unpaired) electrons. The highest BCUT2D eigenvalue weighted by Gasteiger charge is 2.20. The molecule has 0 spiro atoms. The maximum atomic E-state index is 13.5. The third-order valence-corrected chi connectivity index (χ3v) is 14.9. The fraction of sp³-hybridized carbons (Fsp3) is 0.967. The Morgan fingerprint density at radius 2 is 0.652 bits per heavy atom. The summed E-state index contributed by atoms with van der Waals surface area (Å²) in [6, 6.07) is -0.484. The van der Waals surface area contributed by atoms with Crippen molar-refractivity contribution in [2.24, 2.45) is 0 Å². The molecule has 0 aliphatic heterocycles. The minimum atomic E-state index is -0.521. The number of hydrogen-bond donors (Lipinski definition) is 4. The van der Waals surface area contributed by atoms with Crippen LogP contribution in [0.25, 0.3) is 0 Å². The second kappa shape index (κ2) is 54.6. The Labute approximate surface area is 431 Å². The van der Waals surface area contributed by atoms with Crippen molar-refractivity contribution in [2.75, 3.05) is 39.3 Å². The number of aliphatic hydroxyl groups is 2. The van der Waals surface area contributed by atoms with Gasteiger partial charge < -0.3 is 30.6 Å². The maximum Gasteiger partial charge on any atom is 0.242 e. The number of nitrogens with zero attached hydrogens (tertiary/aromatic N) is 2. The predicted molar refractivity (Wildman–Crippen MR) is 301 cm³/mol. The molecule has 8 heteroatoms. The topological polar surface area (TPSA) is 105 Å². The van der Waals surface area contributed by atoms with Crippen molar-refractivity contribution in [3.8, 4) is 0 Å². The standard InChI is InChI=1S/C61H124N4O4/c1-6-10-14-18-22-26-28-32-36-42-50-64(54-58(67)47-38-34-30-24-20-16-12-8-3)52-44-40-46-57(5)63-61(69)60(62-56-66)49-41-45-53-65(51-43-37-33-29-27-23-19-15-11-7-2)55-59(68)48-39-35-31-25-21-17-13-9-4/h56-60,67-68H,6-55H2,1-5H3,(H,62,66)(H,63,69). The molecule has 0 aromatic rings. The Hall–Kier alpha value is -1.22. The van der Waals surface area contributed by atoms with Crippen LogP contribution >= 0.6 is 0 Å². The van der Waals surface area contributed by atoms with Crippen LogP contribution in [0.15, 0.2) is 0 Å². The second-order valence-corrected chi connectivity index (χ2v) is 22.0. The summed E-state index contributed by atoms with van der Waals surface area (Å²) in [5.74, 6) is -0.0794. The first-order chi connectivity index (χ1) is 33.8. The SMILES string of the molecule is CCCCCCCCCCCCN(CCCCC(C)NC(=O)C(CCCCN(CCCCCCCCCCCC)CC(O)CCCCCCCCCC)NC=O)CC(O)CCCCCCCCCC. The second-order valence-electron chi connectivity index (χ2n) is 22.0. The zero-order valence-electron chi connectivity index (χ0n) is 47.3. The molecule has 412 valence electrons. The smallest absolute Gasteiger partial charge is 0.242 e. The highest BCUT2D eigenvalue weighted by atomic mass is 16.3. The Balaban J connectivity index is 4.92. The molecule has 0 aliphatic rings. The van der Waals surface area contributed by atoms with Gasteiger partial charge in [0.15, 0.2) is 0 Å². The minimum Gasteiger partial charge on any atom is -0.392 e. The number of rotatable bonds is 58. The fourth-order valence-electron chi connectivity index (χ4n) is 10.3. The molecule has 0 aromatic carbocycles. The van der Waals surface area contributed by atoms with Crippen LogP contribution in [0, 0.1) is 0 Å². The molecule has 69 heavy (non-hydrogen) atoms. The average molecular weight is 978 g/mol. The molecule has 0 aliphatic carbocycles. The molecule has 0 fully saturated rings. The summed E-state index contributed by atoms with van der Waals surface area (Å²) in [6.45, 7) is 16.7. The van der Waals surface area contributed by atoms with Crippen LogP contribution in [0.1, 0.15) is 317 Å². The van der Waals surface area contributed by atoms with Crippen LogP contribution in [0.4, 0.5) is 0 Å². The van der Waals surface area contributed by atoms with Crippen LogP contribution in [-0.4, -0.2) is 95.9 Å². The third-order valence-electron chi connectivity index (χ3n) is 14.9. The monoisotopic (exact) mass is 977 g/mol. The van der Waals surface area contributed by atoms with E-state index < -0.39 is 6.04 Å². The van der Waals surface area contributed by atoms with Gasteiger partial charge in [-0.3, -0.25) is 9.59 Å². The lowest BCUT2D eigenvalue weighted by Gasteiger charge is -2.26. The van der Waals surface area contributed by atoms with E-state index in [2.05, 4.69) is 55.1 Å². The lowest BCUT2D eigenvalue weighted by atomic mass is 10.0. The van der Waals surface area contributed by atoms with Crippen LogP contribution in [0.3, 0.4) is 0 Å². The van der Waals surface area contributed by atoms with Gasteiger partial charge in [-0.25, -0.2) is 0 Å². The molecule has 0 heterocycles. The molecule has 0 aromatic heterocycles. The van der Waals surface area contributed by atoms with Crippen LogP contribution in [-0.2, 0) is 9.59 Å². The number of hydrogen-bond acceptors (Lipinski definition) is 6. The van der Waals surface area contributed by atoms with Gasteiger partial charge in [-0.05, 0) is 90.9 Å². The van der Waals surface area contributed by atoms with E-state index in [9.17, 15) is 19.8 Å². The van der Waals surface area contributed by atoms with Crippen molar-refractivity contribution in [3.05, 3.63) is 0 Å². The largest absolute Gasteiger partial charge is 0.392 e. The Morgan fingerprint density at radius 3 is 0.971 bits per heavy atom. The van der Waals surface area contributed by atoms with E-state index in [4.69, 9.17) is 0 Å². The lowest BCUT2D eigenvalue weighted by Crippen LogP contribution is -2.46. The lowest BCUT2D eigenvalue weighted by molar-refractivity contribution is -0.126. The highest BCUT2D eigenvalue weighted by Crippen LogP contribution is 2.17. The molecule has 4 N–H and O–H groups in total. The summed E-state index contributed by atoms with van der Waals surface area (Å²) < 4.78 is 0. The molecule has 0 rings (SSSR count). The number of aliphatic hydroxyl groups excluding tert-OH is 2. The summed E-state index contributed by atoms with van der Waals surface area (Å²) >= 11 is 0. The van der Waals surface area contributed by atoms with Gasteiger partial charge in [0.1, 0.15) is 6.04 Å². The van der Waals surface area contributed by atoms with E-state index >= 15 is 0 Å². The van der Waals surface area contributed by atoms with Crippen molar-refractivity contribution in [2.45, 2.75) is 341 Å². The zero-order chi connectivity index (χ0) is 50.5. The number of nitrogens with one attached hydrogen (secondary N) is 2. The van der Waals surface area contributed by atoms with E-state index in [-0.39, 0.29) is 24.2 Å². The van der Waals surface area contributed by atoms with Crippen molar-refractivity contribution in [3.63, 3.8) is 0 Å². The molecule has 8 nitrogen and oxygen atoms in total. The fourth-order valence-corrected chi connectivity index (χ4v) is 10.3. The molecule has 0 saturated carbocycles. The van der Waals surface area contributed by atoms with Gasteiger partial charge in [-0.2, -0.15) is 0 Å². The van der Waals surface area contributed by atoms with Gasteiger partial charge >= 0.3 is 0 Å².